The van der Waals surface area contributed by atoms with Crippen molar-refractivity contribution in [1.29, 1.82) is 0 Å². The van der Waals surface area contributed by atoms with Crippen molar-refractivity contribution in [3.05, 3.63) is 59.7 Å². The van der Waals surface area contributed by atoms with E-state index in [-0.39, 0.29) is 17.9 Å². The summed E-state index contributed by atoms with van der Waals surface area (Å²) in [5.74, 6) is 0.678. The number of amides is 2. The van der Waals surface area contributed by atoms with Gasteiger partial charge in [0.25, 0.3) is 11.8 Å². The maximum absolute atomic E-state index is 12.5. The van der Waals surface area contributed by atoms with Crippen LogP contribution in [-0.2, 0) is 0 Å². The van der Waals surface area contributed by atoms with Gasteiger partial charge in [-0.15, -0.1) is 0 Å². The van der Waals surface area contributed by atoms with Crippen molar-refractivity contribution in [3.63, 3.8) is 0 Å². The maximum Gasteiger partial charge on any atom is 0.255 e. The summed E-state index contributed by atoms with van der Waals surface area (Å²) in [4.78, 5) is 24.8. The summed E-state index contributed by atoms with van der Waals surface area (Å²) >= 11 is 0. The number of hydrogen-bond acceptors (Lipinski definition) is 3. The quantitative estimate of drug-likeness (QED) is 0.786. The van der Waals surface area contributed by atoms with Gasteiger partial charge in [0.2, 0.25) is 0 Å². The minimum absolute atomic E-state index is 0.0182. The molecule has 0 bridgehead atoms. The third-order valence-corrected chi connectivity index (χ3v) is 3.54. The van der Waals surface area contributed by atoms with Crippen LogP contribution in [0.4, 0.5) is 5.69 Å². The molecule has 0 saturated heterocycles. The van der Waals surface area contributed by atoms with Gasteiger partial charge in [-0.1, -0.05) is 26.0 Å². The van der Waals surface area contributed by atoms with Gasteiger partial charge in [0.15, 0.2) is 0 Å². The van der Waals surface area contributed by atoms with Gasteiger partial charge in [-0.3, -0.25) is 9.59 Å². The summed E-state index contributed by atoms with van der Waals surface area (Å²) in [7, 11) is 0. The van der Waals surface area contributed by atoms with E-state index in [0.29, 0.717) is 29.3 Å². The second-order valence-corrected chi connectivity index (χ2v) is 6.86. The Morgan fingerprint density at radius 1 is 0.923 bits per heavy atom. The van der Waals surface area contributed by atoms with E-state index >= 15 is 0 Å². The third-order valence-electron chi connectivity index (χ3n) is 3.54. The number of para-hydroxylation sites is 1. The highest BCUT2D eigenvalue weighted by Crippen LogP contribution is 2.18. The fraction of sp³-hybridized carbons (Fsp3) is 0.333. The molecule has 0 aliphatic rings. The van der Waals surface area contributed by atoms with E-state index in [2.05, 4.69) is 24.5 Å². The SMILES string of the molecule is CC(C)COc1ccc(C(=O)Nc2ccccc2C(=O)NC(C)C)cc1. The van der Waals surface area contributed by atoms with Crippen LogP contribution in [0.5, 0.6) is 5.75 Å². The molecule has 0 spiro atoms. The first-order valence-electron chi connectivity index (χ1n) is 8.81. The molecule has 0 fully saturated rings. The Kier molecular flexibility index (Phi) is 6.78. The molecule has 0 unspecified atom stereocenters. The van der Waals surface area contributed by atoms with E-state index in [1.807, 2.05) is 13.8 Å². The molecule has 0 saturated carbocycles. The first-order valence-corrected chi connectivity index (χ1v) is 8.81. The zero-order valence-electron chi connectivity index (χ0n) is 15.7. The monoisotopic (exact) mass is 354 g/mol. The number of carbonyl (C=O) groups excluding carboxylic acids is 2. The first-order chi connectivity index (χ1) is 12.4. The van der Waals surface area contributed by atoms with E-state index in [4.69, 9.17) is 4.74 Å². The van der Waals surface area contributed by atoms with Crippen molar-refractivity contribution in [3.8, 4) is 5.75 Å². The zero-order valence-corrected chi connectivity index (χ0v) is 15.7. The van der Waals surface area contributed by atoms with Crippen LogP contribution in [0.3, 0.4) is 0 Å². The highest BCUT2D eigenvalue weighted by Gasteiger charge is 2.14. The van der Waals surface area contributed by atoms with Crippen LogP contribution in [0, 0.1) is 5.92 Å². The molecule has 2 amide bonds. The van der Waals surface area contributed by atoms with Crippen molar-refractivity contribution in [2.45, 2.75) is 33.7 Å². The Hall–Kier alpha value is -2.82. The van der Waals surface area contributed by atoms with Gasteiger partial charge in [0.1, 0.15) is 5.75 Å². The number of carbonyl (C=O) groups is 2. The van der Waals surface area contributed by atoms with E-state index in [1.165, 1.54) is 0 Å². The molecular weight excluding hydrogens is 328 g/mol. The average molecular weight is 354 g/mol. The summed E-state index contributed by atoms with van der Waals surface area (Å²) in [6.45, 7) is 8.57. The molecule has 0 radical (unpaired) electrons. The Morgan fingerprint density at radius 2 is 1.58 bits per heavy atom. The van der Waals surface area contributed by atoms with Crippen molar-refractivity contribution >= 4 is 17.5 Å². The van der Waals surface area contributed by atoms with E-state index in [9.17, 15) is 9.59 Å². The highest BCUT2D eigenvalue weighted by atomic mass is 16.5. The molecule has 5 heteroatoms. The predicted molar refractivity (Wildman–Crippen MR) is 104 cm³/mol. The number of hydrogen-bond donors (Lipinski definition) is 2. The number of anilines is 1. The fourth-order valence-electron chi connectivity index (χ4n) is 2.29. The molecule has 2 aromatic carbocycles. The van der Waals surface area contributed by atoms with Gasteiger partial charge in [-0.05, 0) is 56.2 Å². The summed E-state index contributed by atoms with van der Waals surface area (Å²) in [6.07, 6.45) is 0. The Labute approximate surface area is 154 Å². The minimum Gasteiger partial charge on any atom is -0.493 e. The second kappa shape index (κ2) is 9.04. The van der Waals surface area contributed by atoms with E-state index in [0.717, 1.165) is 5.75 Å². The lowest BCUT2D eigenvalue weighted by atomic mass is 10.1. The van der Waals surface area contributed by atoms with Gasteiger partial charge >= 0.3 is 0 Å². The lowest BCUT2D eigenvalue weighted by Gasteiger charge is -2.13. The standard InChI is InChI=1S/C21H26N2O3/c1-14(2)13-26-17-11-9-16(10-12-17)20(24)23-19-8-6-5-7-18(19)21(25)22-15(3)4/h5-12,14-15H,13H2,1-4H3,(H,22,25)(H,23,24). The molecule has 0 heterocycles. The molecule has 2 N–H and O–H groups in total. The van der Waals surface area contributed by atoms with Gasteiger partial charge in [-0.2, -0.15) is 0 Å². The maximum atomic E-state index is 12.5. The molecule has 26 heavy (non-hydrogen) atoms. The lowest BCUT2D eigenvalue weighted by Crippen LogP contribution is -2.31. The van der Waals surface area contributed by atoms with Crippen LogP contribution < -0.4 is 15.4 Å². The smallest absolute Gasteiger partial charge is 0.255 e. The largest absolute Gasteiger partial charge is 0.493 e. The zero-order chi connectivity index (χ0) is 19.1. The predicted octanol–water partition coefficient (Wildman–Crippen LogP) is 4.11. The van der Waals surface area contributed by atoms with Gasteiger partial charge < -0.3 is 15.4 Å². The molecule has 0 aliphatic heterocycles. The number of nitrogens with one attached hydrogen (secondary N) is 2. The highest BCUT2D eigenvalue weighted by molar-refractivity contribution is 6.09. The van der Waals surface area contributed by atoms with Gasteiger partial charge in [0, 0.05) is 11.6 Å². The van der Waals surface area contributed by atoms with Crippen LogP contribution in [0.25, 0.3) is 0 Å². The van der Waals surface area contributed by atoms with Crippen molar-refractivity contribution in [1.82, 2.24) is 5.32 Å². The third kappa shape index (κ3) is 5.62. The van der Waals surface area contributed by atoms with Crippen LogP contribution in [-0.4, -0.2) is 24.5 Å². The van der Waals surface area contributed by atoms with Crippen molar-refractivity contribution < 1.29 is 14.3 Å². The van der Waals surface area contributed by atoms with E-state index < -0.39 is 0 Å². The fourth-order valence-corrected chi connectivity index (χ4v) is 2.29. The summed E-state index contributed by atoms with van der Waals surface area (Å²) in [5.41, 5.74) is 1.42. The Morgan fingerprint density at radius 3 is 2.19 bits per heavy atom. The van der Waals surface area contributed by atoms with Crippen LogP contribution in [0.1, 0.15) is 48.4 Å². The van der Waals surface area contributed by atoms with Crippen molar-refractivity contribution in [2.75, 3.05) is 11.9 Å². The Balaban J connectivity index is 2.09. The molecule has 5 nitrogen and oxygen atoms in total. The van der Waals surface area contributed by atoms with Gasteiger partial charge in [0.05, 0.1) is 17.9 Å². The van der Waals surface area contributed by atoms with Crippen LogP contribution in [0.2, 0.25) is 0 Å². The summed E-state index contributed by atoms with van der Waals surface area (Å²) in [6, 6.07) is 13.9. The number of benzene rings is 2. The van der Waals surface area contributed by atoms with Crippen LogP contribution >= 0.6 is 0 Å². The second-order valence-electron chi connectivity index (χ2n) is 6.86. The Bertz CT molecular complexity index is 752. The minimum atomic E-state index is -0.273. The molecule has 2 aromatic rings. The van der Waals surface area contributed by atoms with E-state index in [1.54, 1.807) is 48.5 Å². The molecular formula is C21H26N2O3. The molecule has 138 valence electrons. The van der Waals surface area contributed by atoms with Gasteiger partial charge in [-0.25, -0.2) is 0 Å². The van der Waals surface area contributed by atoms with Crippen LogP contribution in [0.15, 0.2) is 48.5 Å². The van der Waals surface area contributed by atoms with Crippen molar-refractivity contribution in [2.24, 2.45) is 5.92 Å². The molecule has 0 aliphatic carbocycles. The normalized spacial score (nSPS) is 10.7. The molecule has 0 atom stereocenters. The summed E-state index contributed by atoms with van der Waals surface area (Å²) < 4.78 is 5.62. The lowest BCUT2D eigenvalue weighted by molar-refractivity contribution is 0.0944. The number of rotatable bonds is 7. The summed E-state index contributed by atoms with van der Waals surface area (Å²) in [5, 5.41) is 5.65. The first kappa shape index (κ1) is 19.5. The molecule has 0 aromatic heterocycles. The average Bonchev–Trinajstić information content (AvgIpc) is 2.60. The molecule has 2 rings (SSSR count). The topological polar surface area (TPSA) is 67.4 Å². The number of ether oxygens (including phenoxy) is 1.